The van der Waals surface area contributed by atoms with E-state index in [2.05, 4.69) is 4.98 Å². The van der Waals surface area contributed by atoms with E-state index in [1.807, 2.05) is 18.2 Å². The van der Waals surface area contributed by atoms with Crippen LogP contribution in [0.4, 0.5) is 0 Å². The van der Waals surface area contributed by atoms with E-state index in [-0.39, 0.29) is 12.5 Å². The lowest BCUT2D eigenvalue weighted by atomic mass is 9.85. The highest BCUT2D eigenvalue weighted by Crippen LogP contribution is 2.22. The summed E-state index contributed by atoms with van der Waals surface area (Å²) in [4.78, 5) is 16.0. The zero-order chi connectivity index (χ0) is 12.0. The first-order valence-corrected chi connectivity index (χ1v) is 5.39. The molecule has 0 aliphatic heterocycles. The number of hydrogen-bond acceptors (Lipinski definition) is 4. The van der Waals surface area contributed by atoms with Gasteiger partial charge in [0.05, 0.1) is 12.0 Å². The number of aromatic nitrogens is 1. The first-order chi connectivity index (χ1) is 7.62. The van der Waals surface area contributed by atoms with E-state index < -0.39 is 5.41 Å². The van der Waals surface area contributed by atoms with Crippen LogP contribution in [0.2, 0.25) is 0 Å². The Morgan fingerprint density at radius 3 is 2.81 bits per heavy atom. The van der Waals surface area contributed by atoms with Gasteiger partial charge in [0, 0.05) is 24.9 Å². The molecular formula is C12H18N2O2. The second-order valence-electron chi connectivity index (χ2n) is 3.98. The molecule has 0 aliphatic rings. The fourth-order valence-corrected chi connectivity index (χ4v) is 1.44. The van der Waals surface area contributed by atoms with Crippen LogP contribution < -0.4 is 5.73 Å². The third-order valence-electron chi connectivity index (χ3n) is 2.52. The fraction of sp³-hybridized carbons (Fsp3) is 0.500. The molecule has 0 saturated carbocycles. The van der Waals surface area contributed by atoms with E-state index >= 15 is 0 Å². The summed E-state index contributed by atoms with van der Waals surface area (Å²) in [5.41, 5.74) is 5.82. The van der Waals surface area contributed by atoms with Gasteiger partial charge in [0.2, 0.25) is 0 Å². The van der Waals surface area contributed by atoms with Crippen LogP contribution in [0.3, 0.4) is 0 Å². The Hall–Kier alpha value is -1.42. The molecule has 1 rings (SSSR count). The van der Waals surface area contributed by atoms with Gasteiger partial charge in [-0.15, -0.1) is 0 Å². The summed E-state index contributed by atoms with van der Waals surface area (Å²) in [5.74, 6) is -0.261. The summed E-state index contributed by atoms with van der Waals surface area (Å²) >= 11 is 0. The molecule has 0 spiro atoms. The van der Waals surface area contributed by atoms with Gasteiger partial charge >= 0.3 is 5.97 Å². The highest BCUT2D eigenvalue weighted by Gasteiger charge is 2.33. The minimum Gasteiger partial charge on any atom is -0.466 e. The number of nitrogens with two attached hydrogens (primary N) is 1. The molecule has 0 fully saturated rings. The Morgan fingerprint density at radius 1 is 1.56 bits per heavy atom. The monoisotopic (exact) mass is 222 g/mol. The largest absolute Gasteiger partial charge is 0.466 e. The zero-order valence-corrected chi connectivity index (χ0v) is 9.77. The summed E-state index contributed by atoms with van der Waals surface area (Å²) in [7, 11) is 0. The van der Waals surface area contributed by atoms with Crippen LogP contribution in [-0.4, -0.2) is 24.1 Å². The number of esters is 1. The molecule has 1 heterocycles. The third kappa shape index (κ3) is 3.03. The van der Waals surface area contributed by atoms with Crippen molar-refractivity contribution in [3.63, 3.8) is 0 Å². The van der Waals surface area contributed by atoms with Crippen molar-refractivity contribution in [2.24, 2.45) is 11.1 Å². The number of carbonyl (C=O) groups is 1. The summed E-state index contributed by atoms with van der Waals surface area (Å²) in [5, 5.41) is 0. The summed E-state index contributed by atoms with van der Waals surface area (Å²) < 4.78 is 5.02. The molecule has 88 valence electrons. The van der Waals surface area contributed by atoms with Crippen LogP contribution in [0.25, 0.3) is 0 Å². The Balaban J connectivity index is 2.78. The minimum absolute atomic E-state index is 0.252. The number of pyridine rings is 1. The van der Waals surface area contributed by atoms with Crippen molar-refractivity contribution < 1.29 is 9.53 Å². The Kier molecular flexibility index (Phi) is 4.43. The van der Waals surface area contributed by atoms with Gasteiger partial charge in [0.25, 0.3) is 0 Å². The van der Waals surface area contributed by atoms with Gasteiger partial charge in [-0.1, -0.05) is 6.07 Å². The summed E-state index contributed by atoms with van der Waals surface area (Å²) in [6.45, 7) is 4.22. The molecule has 0 bridgehead atoms. The standard InChI is InChI=1S/C12H18N2O2/c1-3-16-11(15)12(2,9-13)8-10-6-4-5-7-14-10/h4-7H,3,8-9,13H2,1-2H3. The Morgan fingerprint density at radius 2 is 2.31 bits per heavy atom. The van der Waals surface area contributed by atoms with E-state index in [4.69, 9.17) is 10.5 Å². The molecule has 0 saturated heterocycles. The number of nitrogens with zero attached hydrogens (tertiary/aromatic N) is 1. The smallest absolute Gasteiger partial charge is 0.313 e. The molecular weight excluding hydrogens is 204 g/mol. The predicted octanol–water partition coefficient (Wildman–Crippen LogP) is 1.15. The van der Waals surface area contributed by atoms with Crippen molar-refractivity contribution >= 4 is 5.97 Å². The predicted molar refractivity (Wildman–Crippen MR) is 61.7 cm³/mol. The van der Waals surface area contributed by atoms with E-state index in [1.165, 1.54) is 0 Å². The van der Waals surface area contributed by atoms with Gasteiger partial charge in [-0.2, -0.15) is 0 Å². The molecule has 1 aromatic heterocycles. The Bertz CT molecular complexity index is 340. The van der Waals surface area contributed by atoms with Crippen molar-refractivity contribution in [3.8, 4) is 0 Å². The van der Waals surface area contributed by atoms with E-state index in [1.54, 1.807) is 20.0 Å². The van der Waals surface area contributed by atoms with Crippen LogP contribution in [0.1, 0.15) is 19.5 Å². The van der Waals surface area contributed by atoms with Gasteiger partial charge in [-0.25, -0.2) is 0 Å². The number of carbonyl (C=O) groups excluding carboxylic acids is 1. The second kappa shape index (κ2) is 5.61. The first kappa shape index (κ1) is 12.6. The van der Waals surface area contributed by atoms with E-state index in [0.717, 1.165) is 5.69 Å². The third-order valence-corrected chi connectivity index (χ3v) is 2.52. The molecule has 0 radical (unpaired) electrons. The lowest BCUT2D eigenvalue weighted by Gasteiger charge is -2.24. The number of ether oxygens (including phenoxy) is 1. The van der Waals surface area contributed by atoms with Crippen LogP contribution in [0.5, 0.6) is 0 Å². The Labute approximate surface area is 95.8 Å². The van der Waals surface area contributed by atoms with Crippen molar-refractivity contribution in [1.82, 2.24) is 4.98 Å². The molecule has 0 aromatic carbocycles. The quantitative estimate of drug-likeness (QED) is 0.759. The second-order valence-corrected chi connectivity index (χ2v) is 3.98. The topological polar surface area (TPSA) is 65.2 Å². The normalized spacial score (nSPS) is 14.2. The van der Waals surface area contributed by atoms with Crippen LogP contribution in [-0.2, 0) is 16.0 Å². The zero-order valence-electron chi connectivity index (χ0n) is 9.77. The van der Waals surface area contributed by atoms with Gasteiger partial charge < -0.3 is 10.5 Å². The minimum atomic E-state index is -0.690. The lowest BCUT2D eigenvalue weighted by molar-refractivity contribution is -0.153. The maximum Gasteiger partial charge on any atom is 0.313 e. The molecule has 0 amide bonds. The molecule has 0 aliphatic carbocycles. The molecule has 16 heavy (non-hydrogen) atoms. The highest BCUT2D eigenvalue weighted by molar-refractivity contribution is 5.77. The first-order valence-electron chi connectivity index (χ1n) is 5.39. The maximum absolute atomic E-state index is 11.8. The van der Waals surface area contributed by atoms with E-state index in [9.17, 15) is 4.79 Å². The number of rotatable bonds is 5. The molecule has 1 unspecified atom stereocenters. The van der Waals surface area contributed by atoms with Crippen molar-refractivity contribution in [2.75, 3.05) is 13.2 Å². The number of hydrogen-bond donors (Lipinski definition) is 1. The van der Waals surface area contributed by atoms with Crippen molar-refractivity contribution in [1.29, 1.82) is 0 Å². The highest BCUT2D eigenvalue weighted by atomic mass is 16.5. The van der Waals surface area contributed by atoms with Gasteiger partial charge in [0.1, 0.15) is 0 Å². The van der Waals surface area contributed by atoms with Gasteiger partial charge in [-0.05, 0) is 26.0 Å². The average Bonchev–Trinajstić information content (AvgIpc) is 2.30. The van der Waals surface area contributed by atoms with Crippen molar-refractivity contribution in [2.45, 2.75) is 20.3 Å². The van der Waals surface area contributed by atoms with Crippen LogP contribution >= 0.6 is 0 Å². The summed E-state index contributed by atoms with van der Waals surface area (Å²) in [6, 6.07) is 5.62. The maximum atomic E-state index is 11.8. The molecule has 4 heteroatoms. The van der Waals surface area contributed by atoms with Crippen molar-refractivity contribution in [3.05, 3.63) is 30.1 Å². The molecule has 2 N–H and O–H groups in total. The molecule has 4 nitrogen and oxygen atoms in total. The SMILES string of the molecule is CCOC(=O)C(C)(CN)Cc1ccccn1. The van der Waals surface area contributed by atoms with Crippen LogP contribution in [0, 0.1) is 5.41 Å². The lowest BCUT2D eigenvalue weighted by Crippen LogP contribution is -2.39. The fourth-order valence-electron chi connectivity index (χ4n) is 1.44. The molecule has 1 aromatic rings. The van der Waals surface area contributed by atoms with E-state index in [0.29, 0.717) is 13.0 Å². The van der Waals surface area contributed by atoms with Crippen LogP contribution in [0.15, 0.2) is 24.4 Å². The average molecular weight is 222 g/mol. The van der Waals surface area contributed by atoms with Gasteiger partial charge in [-0.3, -0.25) is 9.78 Å². The molecule has 1 atom stereocenters. The van der Waals surface area contributed by atoms with Gasteiger partial charge in [0.15, 0.2) is 0 Å². The summed E-state index contributed by atoms with van der Waals surface area (Å²) in [6.07, 6.45) is 2.21.